The Morgan fingerprint density at radius 2 is 1.92 bits per heavy atom. The fourth-order valence-electron chi connectivity index (χ4n) is 2.69. The van der Waals surface area contributed by atoms with Gasteiger partial charge in [-0.2, -0.15) is 0 Å². The third kappa shape index (κ3) is 4.54. The molecule has 7 nitrogen and oxygen atoms in total. The minimum atomic E-state index is -1.25. The summed E-state index contributed by atoms with van der Waals surface area (Å²) in [7, 11) is 1.76. The second-order valence-electron chi connectivity index (χ2n) is 6.40. The topological polar surface area (TPSA) is 103 Å². The fourth-order valence-corrected chi connectivity index (χ4v) is 2.87. The summed E-state index contributed by atoms with van der Waals surface area (Å²) in [6.07, 6.45) is -0.283. The minimum absolute atomic E-state index is 0.0488. The number of hydrogen-bond donors (Lipinski definition) is 2. The Labute approximate surface area is 156 Å². The molecule has 0 spiro atoms. The molecule has 2 rings (SSSR count). The average Bonchev–Trinajstić information content (AvgIpc) is 2.87. The van der Waals surface area contributed by atoms with Crippen molar-refractivity contribution in [1.82, 2.24) is 15.2 Å². The second kappa shape index (κ2) is 8.23. The van der Waals surface area contributed by atoms with Gasteiger partial charge in [0, 0.05) is 41.9 Å². The molecule has 0 aliphatic rings. The van der Waals surface area contributed by atoms with Gasteiger partial charge >= 0.3 is 0 Å². The fraction of sp³-hybridized carbons (Fsp3) is 0.389. The predicted octanol–water partition coefficient (Wildman–Crippen LogP) is 0.842. The van der Waals surface area contributed by atoms with Crippen LogP contribution in [0.5, 0.6) is 0 Å². The number of carboxylic acids is 1. The number of hydrogen-bond acceptors (Lipinski definition) is 4. The number of aryl methyl sites for hydroxylation is 1. The third-order valence-electron chi connectivity index (χ3n) is 4.10. The number of fused-ring (bicyclic) bond motifs is 1. The van der Waals surface area contributed by atoms with Crippen molar-refractivity contribution in [2.24, 2.45) is 13.0 Å². The van der Waals surface area contributed by atoms with Crippen LogP contribution < -0.4 is 15.7 Å². The van der Waals surface area contributed by atoms with Crippen molar-refractivity contribution in [2.45, 2.75) is 26.3 Å². The summed E-state index contributed by atoms with van der Waals surface area (Å²) in [6, 6.07) is 6.25. The lowest BCUT2D eigenvalue weighted by molar-refractivity contribution is -0.305. The van der Waals surface area contributed by atoms with E-state index in [1.54, 1.807) is 43.7 Å². The van der Waals surface area contributed by atoms with Gasteiger partial charge in [0.25, 0.3) is 5.91 Å². The average molecular weight is 379 g/mol. The Bertz CT molecular complexity index is 844. The zero-order valence-corrected chi connectivity index (χ0v) is 15.6. The molecule has 0 bridgehead atoms. The minimum Gasteiger partial charge on any atom is -0.550 e. The maximum atomic E-state index is 12.7. The van der Waals surface area contributed by atoms with Crippen molar-refractivity contribution in [3.05, 3.63) is 35.0 Å². The Hall–Kier alpha value is -2.54. The highest BCUT2D eigenvalue weighted by Gasteiger charge is 2.25. The molecule has 2 N–H and O–H groups in total. The van der Waals surface area contributed by atoms with Crippen LogP contribution in [0.15, 0.2) is 24.3 Å². The second-order valence-corrected chi connectivity index (χ2v) is 6.84. The van der Waals surface area contributed by atoms with Crippen LogP contribution in [0.25, 0.3) is 10.9 Å². The standard InChI is InChI=1S/C18H22ClN3O4/c1-10(2)16(18(26)20-7-6-15(23)24)21-17(25)14-9-11-8-12(19)4-5-13(11)22(14)3/h4-5,8-10,16H,6-7H2,1-3H3,(H,20,26)(H,21,25)(H,23,24)/p-1/t16-/m0/s1. The van der Waals surface area contributed by atoms with Crippen LogP contribution in [0.3, 0.4) is 0 Å². The molecule has 140 valence electrons. The van der Waals surface area contributed by atoms with Crippen molar-refractivity contribution in [3.63, 3.8) is 0 Å². The number of aliphatic carboxylic acids is 1. The van der Waals surface area contributed by atoms with Gasteiger partial charge in [0.1, 0.15) is 11.7 Å². The number of halogens is 1. The van der Waals surface area contributed by atoms with E-state index in [2.05, 4.69) is 10.6 Å². The Balaban J connectivity index is 2.16. The van der Waals surface area contributed by atoms with Crippen LogP contribution in [-0.2, 0) is 16.6 Å². The molecule has 1 aromatic heterocycles. The van der Waals surface area contributed by atoms with Gasteiger partial charge in [-0.3, -0.25) is 9.59 Å². The summed E-state index contributed by atoms with van der Waals surface area (Å²) >= 11 is 5.99. The summed E-state index contributed by atoms with van der Waals surface area (Å²) in [5.74, 6) is -2.25. The van der Waals surface area contributed by atoms with Crippen molar-refractivity contribution in [1.29, 1.82) is 0 Å². The summed E-state index contributed by atoms with van der Waals surface area (Å²) in [6.45, 7) is 3.54. The van der Waals surface area contributed by atoms with Gasteiger partial charge in [0.15, 0.2) is 0 Å². The van der Waals surface area contributed by atoms with Gasteiger partial charge in [0.2, 0.25) is 5.91 Å². The molecule has 2 aromatic rings. The summed E-state index contributed by atoms with van der Waals surface area (Å²) in [4.78, 5) is 35.4. The van der Waals surface area contributed by atoms with Gasteiger partial charge in [0.05, 0.1) is 0 Å². The molecule has 1 atom stereocenters. The predicted molar refractivity (Wildman–Crippen MR) is 96.7 cm³/mol. The number of nitrogens with one attached hydrogen (secondary N) is 2. The lowest BCUT2D eigenvalue weighted by atomic mass is 10.0. The molecular formula is C18H21ClN3O4-. The SMILES string of the molecule is CC(C)[C@H](NC(=O)c1cc2cc(Cl)ccc2n1C)C(=O)NCCC(=O)[O-]. The number of nitrogens with zero attached hydrogens (tertiary/aromatic N) is 1. The number of aromatic nitrogens is 1. The van der Waals surface area contributed by atoms with E-state index in [-0.39, 0.29) is 18.9 Å². The van der Waals surface area contributed by atoms with Crippen LogP contribution >= 0.6 is 11.6 Å². The van der Waals surface area contributed by atoms with Crippen LogP contribution in [0.4, 0.5) is 0 Å². The van der Waals surface area contributed by atoms with Crippen molar-refractivity contribution in [2.75, 3.05) is 6.54 Å². The Morgan fingerprint density at radius 3 is 2.54 bits per heavy atom. The number of carbonyl (C=O) groups excluding carboxylic acids is 3. The Kier molecular flexibility index (Phi) is 6.26. The van der Waals surface area contributed by atoms with Gasteiger partial charge in [-0.15, -0.1) is 0 Å². The molecule has 0 aliphatic heterocycles. The molecule has 0 saturated carbocycles. The third-order valence-corrected chi connectivity index (χ3v) is 4.34. The van der Waals surface area contributed by atoms with E-state index in [1.807, 2.05) is 6.07 Å². The zero-order chi connectivity index (χ0) is 19.4. The van der Waals surface area contributed by atoms with Crippen molar-refractivity contribution in [3.8, 4) is 0 Å². The molecule has 0 aliphatic carbocycles. The van der Waals surface area contributed by atoms with Crippen LogP contribution in [-0.4, -0.2) is 34.9 Å². The first-order valence-corrected chi connectivity index (χ1v) is 8.62. The van der Waals surface area contributed by atoms with Gasteiger partial charge in [-0.1, -0.05) is 25.4 Å². The van der Waals surface area contributed by atoms with E-state index in [0.29, 0.717) is 10.7 Å². The smallest absolute Gasteiger partial charge is 0.268 e. The highest BCUT2D eigenvalue weighted by atomic mass is 35.5. The zero-order valence-electron chi connectivity index (χ0n) is 14.8. The molecule has 8 heteroatoms. The van der Waals surface area contributed by atoms with E-state index in [0.717, 1.165) is 10.9 Å². The van der Waals surface area contributed by atoms with Crippen LogP contribution in [0, 0.1) is 5.92 Å². The molecule has 0 unspecified atom stereocenters. The first kappa shape index (κ1) is 19.8. The van der Waals surface area contributed by atoms with Crippen LogP contribution in [0.1, 0.15) is 30.8 Å². The lowest BCUT2D eigenvalue weighted by Crippen LogP contribution is -2.50. The van der Waals surface area contributed by atoms with E-state index in [4.69, 9.17) is 11.6 Å². The number of carboxylic acid groups (broad SMARTS) is 1. The molecule has 26 heavy (non-hydrogen) atoms. The molecule has 0 saturated heterocycles. The van der Waals surface area contributed by atoms with E-state index >= 15 is 0 Å². The van der Waals surface area contributed by atoms with Crippen LogP contribution in [0.2, 0.25) is 5.02 Å². The first-order valence-electron chi connectivity index (χ1n) is 8.24. The lowest BCUT2D eigenvalue weighted by Gasteiger charge is -2.22. The number of carbonyl (C=O) groups is 3. The highest BCUT2D eigenvalue weighted by molar-refractivity contribution is 6.31. The van der Waals surface area contributed by atoms with Crippen molar-refractivity contribution < 1.29 is 19.5 Å². The summed E-state index contributed by atoms with van der Waals surface area (Å²) in [5, 5.41) is 17.1. The summed E-state index contributed by atoms with van der Waals surface area (Å²) in [5.41, 5.74) is 1.24. The quantitative estimate of drug-likeness (QED) is 0.745. The maximum absolute atomic E-state index is 12.7. The maximum Gasteiger partial charge on any atom is 0.268 e. The van der Waals surface area contributed by atoms with E-state index in [9.17, 15) is 19.5 Å². The normalized spacial score (nSPS) is 12.2. The Morgan fingerprint density at radius 1 is 1.23 bits per heavy atom. The van der Waals surface area contributed by atoms with Gasteiger partial charge in [-0.05, 0) is 30.2 Å². The van der Waals surface area contributed by atoms with E-state index in [1.165, 1.54) is 0 Å². The molecule has 1 aromatic carbocycles. The highest BCUT2D eigenvalue weighted by Crippen LogP contribution is 2.22. The van der Waals surface area contributed by atoms with Crippen molar-refractivity contribution >= 4 is 40.3 Å². The number of benzene rings is 1. The molecular weight excluding hydrogens is 358 g/mol. The largest absolute Gasteiger partial charge is 0.550 e. The van der Waals surface area contributed by atoms with Gasteiger partial charge < -0.3 is 25.1 Å². The van der Waals surface area contributed by atoms with E-state index < -0.39 is 23.8 Å². The molecule has 1 heterocycles. The molecule has 2 amide bonds. The van der Waals surface area contributed by atoms with Gasteiger partial charge in [-0.25, -0.2) is 0 Å². The molecule has 0 radical (unpaired) electrons. The number of amides is 2. The monoisotopic (exact) mass is 378 g/mol. The first-order chi connectivity index (χ1) is 12.2. The number of rotatable bonds is 7. The molecule has 0 fully saturated rings. The summed E-state index contributed by atoms with van der Waals surface area (Å²) < 4.78 is 1.73.